The van der Waals surface area contributed by atoms with E-state index in [1.807, 2.05) is 32.2 Å². The number of hydrogen-bond acceptors (Lipinski definition) is 3. The van der Waals surface area contributed by atoms with Gasteiger partial charge in [-0.1, -0.05) is 13.0 Å². The van der Waals surface area contributed by atoms with Gasteiger partial charge in [-0.05, 0) is 43.0 Å². The van der Waals surface area contributed by atoms with E-state index in [2.05, 4.69) is 12.2 Å². The molecule has 1 aromatic carbocycles. The van der Waals surface area contributed by atoms with Crippen molar-refractivity contribution in [1.29, 1.82) is 0 Å². The summed E-state index contributed by atoms with van der Waals surface area (Å²) in [5.41, 5.74) is 2.23. The second-order valence-electron chi connectivity index (χ2n) is 5.72. The van der Waals surface area contributed by atoms with E-state index >= 15 is 0 Å². The van der Waals surface area contributed by atoms with Crippen LogP contribution in [0.2, 0.25) is 0 Å². The van der Waals surface area contributed by atoms with E-state index in [1.54, 1.807) is 4.90 Å². The Balaban J connectivity index is 1.86. The van der Waals surface area contributed by atoms with E-state index < -0.39 is 0 Å². The molecule has 1 unspecified atom stereocenters. The zero-order chi connectivity index (χ0) is 15.9. The highest BCUT2D eigenvalue weighted by Gasteiger charge is 2.23. The molecule has 122 valence electrons. The maximum Gasteiger partial charge on any atom is 0.317 e. The van der Waals surface area contributed by atoms with Crippen molar-refractivity contribution in [2.75, 3.05) is 26.9 Å². The monoisotopic (exact) mass is 306 g/mol. The summed E-state index contributed by atoms with van der Waals surface area (Å²) in [7, 11) is 1.82. The van der Waals surface area contributed by atoms with Crippen molar-refractivity contribution < 1.29 is 14.3 Å². The Kier molecular flexibility index (Phi) is 6.07. The highest BCUT2D eigenvalue weighted by atomic mass is 16.5. The first-order chi connectivity index (χ1) is 10.6. The van der Waals surface area contributed by atoms with Crippen LogP contribution in [0.15, 0.2) is 18.2 Å². The molecule has 0 aromatic heterocycles. The van der Waals surface area contributed by atoms with E-state index in [-0.39, 0.29) is 12.1 Å². The molecule has 0 bridgehead atoms. The first-order valence-electron chi connectivity index (χ1n) is 7.92. The Hall–Kier alpha value is -1.75. The summed E-state index contributed by atoms with van der Waals surface area (Å²) >= 11 is 0. The molecule has 5 heteroatoms. The van der Waals surface area contributed by atoms with E-state index in [4.69, 9.17) is 9.47 Å². The molecule has 0 radical (unpaired) electrons. The quantitative estimate of drug-likeness (QED) is 0.879. The number of rotatable bonds is 6. The van der Waals surface area contributed by atoms with Gasteiger partial charge in [0, 0.05) is 20.2 Å². The van der Waals surface area contributed by atoms with Crippen molar-refractivity contribution >= 4 is 6.03 Å². The molecule has 1 aliphatic rings. The standard InChI is InChI=1S/C17H26N2O3/c1-4-8-22-16-6-5-14(13(2)10-16)11-18-17(20)19(3)15-7-9-21-12-15/h5-6,10,15H,4,7-9,11-12H2,1-3H3,(H,18,20). The van der Waals surface area contributed by atoms with Crippen LogP contribution in [-0.2, 0) is 11.3 Å². The molecule has 1 fully saturated rings. The zero-order valence-corrected chi connectivity index (χ0v) is 13.7. The van der Waals surface area contributed by atoms with Gasteiger partial charge in [-0.15, -0.1) is 0 Å². The average molecular weight is 306 g/mol. The van der Waals surface area contributed by atoms with Gasteiger partial charge in [0.25, 0.3) is 0 Å². The Morgan fingerprint density at radius 2 is 2.32 bits per heavy atom. The number of benzene rings is 1. The molecule has 2 rings (SSSR count). The molecular formula is C17H26N2O3. The Labute approximate surface area is 132 Å². The highest BCUT2D eigenvalue weighted by Crippen LogP contribution is 2.18. The highest BCUT2D eigenvalue weighted by molar-refractivity contribution is 5.74. The second kappa shape index (κ2) is 8.03. The van der Waals surface area contributed by atoms with Gasteiger partial charge in [0.2, 0.25) is 0 Å². The first kappa shape index (κ1) is 16.6. The van der Waals surface area contributed by atoms with Gasteiger partial charge in [0.1, 0.15) is 5.75 Å². The topological polar surface area (TPSA) is 50.8 Å². The number of urea groups is 1. The van der Waals surface area contributed by atoms with Crippen molar-refractivity contribution in [2.24, 2.45) is 0 Å². The third kappa shape index (κ3) is 4.37. The fraction of sp³-hybridized carbons (Fsp3) is 0.588. The van der Waals surface area contributed by atoms with Crippen LogP contribution in [-0.4, -0.2) is 43.8 Å². The molecule has 1 aromatic rings. The molecule has 1 atom stereocenters. The normalized spacial score (nSPS) is 17.3. The summed E-state index contributed by atoms with van der Waals surface area (Å²) in [4.78, 5) is 13.9. The van der Waals surface area contributed by atoms with E-state index in [0.29, 0.717) is 13.2 Å². The predicted molar refractivity (Wildman–Crippen MR) is 86.2 cm³/mol. The van der Waals surface area contributed by atoms with Crippen LogP contribution in [0, 0.1) is 6.92 Å². The SMILES string of the molecule is CCCOc1ccc(CNC(=O)N(C)C2CCOC2)c(C)c1. The molecule has 1 N–H and O–H groups in total. The largest absolute Gasteiger partial charge is 0.494 e. The fourth-order valence-corrected chi connectivity index (χ4v) is 2.47. The Morgan fingerprint density at radius 1 is 1.50 bits per heavy atom. The number of carbonyl (C=O) groups is 1. The minimum absolute atomic E-state index is 0.0544. The number of amides is 2. The van der Waals surface area contributed by atoms with Crippen LogP contribution in [0.5, 0.6) is 5.75 Å². The molecule has 1 heterocycles. The molecule has 0 saturated carbocycles. The van der Waals surface area contributed by atoms with Gasteiger partial charge in [-0.2, -0.15) is 0 Å². The van der Waals surface area contributed by atoms with Gasteiger partial charge in [-0.3, -0.25) is 0 Å². The maximum atomic E-state index is 12.2. The predicted octanol–water partition coefficient (Wildman–Crippen LogP) is 2.71. The van der Waals surface area contributed by atoms with Crippen LogP contribution in [0.1, 0.15) is 30.9 Å². The van der Waals surface area contributed by atoms with Crippen molar-refractivity contribution in [2.45, 2.75) is 39.3 Å². The van der Waals surface area contributed by atoms with E-state index in [9.17, 15) is 4.79 Å². The van der Waals surface area contributed by atoms with Gasteiger partial charge >= 0.3 is 6.03 Å². The number of carbonyl (C=O) groups excluding carboxylic acids is 1. The molecule has 5 nitrogen and oxygen atoms in total. The van der Waals surface area contributed by atoms with Gasteiger partial charge in [0.15, 0.2) is 0 Å². The van der Waals surface area contributed by atoms with Crippen LogP contribution < -0.4 is 10.1 Å². The minimum atomic E-state index is -0.0544. The summed E-state index contributed by atoms with van der Waals surface area (Å²) in [5, 5.41) is 2.97. The van der Waals surface area contributed by atoms with E-state index in [0.717, 1.165) is 42.9 Å². The van der Waals surface area contributed by atoms with Crippen molar-refractivity contribution in [1.82, 2.24) is 10.2 Å². The molecule has 0 aliphatic carbocycles. The number of nitrogens with one attached hydrogen (secondary N) is 1. The number of ether oxygens (including phenoxy) is 2. The lowest BCUT2D eigenvalue weighted by Crippen LogP contribution is -2.43. The Bertz CT molecular complexity index is 499. The van der Waals surface area contributed by atoms with Gasteiger partial charge in [0.05, 0.1) is 19.3 Å². The van der Waals surface area contributed by atoms with Crippen molar-refractivity contribution in [3.63, 3.8) is 0 Å². The van der Waals surface area contributed by atoms with Crippen molar-refractivity contribution in [3.8, 4) is 5.75 Å². The van der Waals surface area contributed by atoms with Crippen molar-refractivity contribution in [3.05, 3.63) is 29.3 Å². The summed E-state index contributed by atoms with van der Waals surface area (Å²) in [5.74, 6) is 0.884. The minimum Gasteiger partial charge on any atom is -0.494 e. The molecule has 0 spiro atoms. The third-order valence-corrected chi connectivity index (χ3v) is 3.99. The van der Waals surface area contributed by atoms with E-state index in [1.165, 1.54) is 0 Å². The number of likely N-dealkylation sites (N-methyl/N-ethyl adjacent to an activating group) is 1. The molecule has 1 aliphatic heterocycles. The summed E-state index contributed by atoms with van der Waals surface area (Å²) in [6, 6.07) is 6.12. The Morgan fingerprint density at radius 3 is 2.95 bits per heavy atom. The number of hydrogen-bond donors (Lipinski definition) is 1. The maximum absolute atomic E-state index is 12.2. The fourth-order valence-electron chi connectivity index (χ4n) is 2.47. The summed E-state index contributed by atoms with van der Waals surface area (Å²) < 4.78 is 10.9. The molecule has 1 saturated heterocycles. The molecular weight excluding hydrogens is 280 g/mol. The van der Waals surface area contributed by atoms with Gasteiger partial charge in [-0.25, -0.2) is 4.79 Å². The third-order valence-electron chi connectivity index (χ3n) is 3.99. The van der Waals surface area contributed by atoms with Crippen LogP contribution in [0.25, 0.3) is 0 Å². The second-order valence-corrected chi connectivity index (χ2v) is 5.72. The van der Waals surface area contributed by atoms with Crippen LogP contribution in [0.4, 0.5) is 4.79 Å². The van der Waals surface area contributed by atoms with Gasteiger partial charge < -0.3 is 19.7 Å². The molecule has 22 heavy (non-hydrogen) atoms. The molecule has 2 amide bonds. The van der Waals surface area contributed by atoms with Crippen LogP contribution >= 0.6 is 0 Å². The summed E-state index contributed by atoms with van der Waals surface area (Å²) in [6.07, 6.45) is 1.90. The number of aryl methyl sites for hydroxylation is 1. The summed E-state index contributed by atoms with van der Waals surface area (Å²) in [6.45, 7) is 6.74. The smallest absolute Gasteiger partial charge is 0.317 e. The first-order valence-corrected chi connectivity index (χ1v) is 7.92. The lowest BCUT2D eigenvalue weighted by atomic mass is 10.1. The average Bonchev–Trinajstić information content (AvgIpc) is 3.05. The van der Waals surface area contributed by atoms with Crippen LogP contribution in [0.3, 0.4) is 0 Å². The zero-order valence-electron chi connectivity index (χ0n) is 13.7. The lowest BCUT2D eigenvalue weighted by molar-refractivity contribution is 0.158. The lowest BCUT2D eigenvalue weighted by Gasteiger charge is -2.23. The number of nitrogens with zero attached hydrogens (tertiary/aromatic N) is 1.